The molecule has 0 aromatic heterocycles. The summed E-state index contributed by atoms with van der Waals surface area (Å²) in [5.41, 5.74) is 0. The van der Waals surface area contributed by atoms with Crippen molar-refractivity contribution in [1.29, 1.82) is 5.26 Å². The van der Waals surface area contributed by atoms with Crippen LogP contribution < -0.4 is 0 Å². The van der Waals surface area contributed by atoms with E-state index in [1.165, 1.54) is 19.3 Å². The van der Waals surface area contributed by atoms with E-state index in [-0.39, 0.29) is 6.29 Å². The lowest BCUT2D eigenvalue weighted by Gasteiger charge is -2.19. The van der Waals surface area contributed by atoms with Crippen LogP contribution in [0.2, 0.25) is 0 Å². The van der Waals surface area contributed by atoms with E-state index in [9.17, 15) is 0 Å². The van der Waals surface area contributed by atoms with Crippen LogP contribution in [0.1, 0.15) is 86.5 Å². The second-order valence-electron chi connectivity index (χ2n) is 6.09. The average molecular weight is 314 g/mol. The molecule has 0 saturated heterocycles. The van der Waals surface area contributed by atoms with Crippen molar-refractivity contribution >= 4 is 0 Å². The highest BCUT2D eigenvalue weighted by Crippen LogP contribution is 2.16. The van der Waals surface area contributed by atoms with Gasteiger partial charge in [0, 0.05) is 26.1 Å². The van der Waals surface area contributed by atoms with Gasteiger partial charge in [-0.2, -0.15) is 5.26 Å². The lowest BCUT2D eigenvalue weighted by molar-refractivity contribution is -0.147. The van der Waals surface area contributed by atoms with Crippen molar-refractivity contribution < 1.29 is 9.47 Å². The predicted molar refractivity (Wildman–Crippen MR) is 94.6 cm³/mol. The van der Waals surface area contributed by atoms with E-state index in [4.69, 9.17) is 14.7 Å². The molecule has 0 aliphatic rings. The van der Waals surface area contributed by atoms with Gasteiger partial charge in [-0.1, -0.05) is 60.8 Å². The van der Waals surface area contributed by atoms with E-state index in [1.54, 1.807) is 0 Å². The molecule has 0 N–H and O–H groups in total. The minimum absolute atomic E-state index is 0.197. The van der Waals surface area contributed by atoms with Crippen molar-refractivity contribution in [3.05, 3.63) is 0 Å². The van der Waals surface area contributed by atoms with Crippen molar-refractivity contribution in [3.63, 3.8) is 0 Å². The van der Waals surface area contributed by atoms with Gasteiger partial charge in [0.1, 0.15) is 0 Å². The van der Waals surface area contributed by atoms with Crippen LogP contribution in [0.5, 0.6) is 0 Å². The van der Waals surface area contributed by atoms with Crippen LogP contribution in [0.25, 0.3) is 0 Å². The first kappa shape index (κ1) is 23.7. The molecule has 0 aliphatic heterocycles. The molecule has 0 amide bonds. The van der Waals surface area contributed by atoms with Gasteiger partial charge in [0.2, 0.25) is 0 Å². The Balaban J connectivity index is 0. The van der Waals surface area contributed by atoms with E-state index in [0.717, 1.165) is 25.4 Å². The molecular formula is C19H39NO2. The van der Waals surface area contributed by atoms with Gasteiger partial charge >= 0.3 is 0 Å². The van der Waals surface area contributed by atoms with Crippen molar-refractivity contribution in [2.75, 3.05) is 13.2 Å². The Bertz CT molecular complexity index is 248. The quantitative estimate of drug-likeness (QED) is 0.395. The smallest absolute Gasteiger partial charge is 0.158 e. The SMILES string of the molecule is CC.CCCOC(CCC#N)OCCC(C)CCCC(C)C. The maximum atomic E-state index is 8.63. The monoisotopic (exact) mass is 313 g/mol. The summed E-state index contributed by atoms with van der Waals surface area (Å²) in [4.78, 5) is 0. The summed E-state index contributed by atoms with van der Waals surface area (Å²) in [7, 11) is 0. The van der Waals surface area contributed by atoms with Crippen LogP contribution in [-0.2, 0) is 9.47 Å². The maximum Gasteiger partial charge on any atom is 0.158 e. The van der Waals surface area contributed by atoms with Crippen molar-refractivity contribution in [3.8, 4) is 6.07 Å². The zero-order valence-electron chi connectivity index (χ0n) is 15.9. The predicted octanol–water partition coefficient (Wildman–Crippen LogP) is 5.94. The number of ether oxygens (including phenoxy) is 2. The molecule has 2 atom stereocenters. The number of hydrogen-bond acceptors (Lipinski definition) is 3. The highest BCUT2D eigenvalue weighted by Gasteiger charge is 2.10. The summed E-state index contributed by atoms with van der Waals surface area (Å²) in [6.45, 7) is 14.4. The third kappa shape index (κ3) is 17.5. The lowest BCUT2D eigenvalue weighted by Crippen LogP contribution is -2.19. The molecule has 3 heteroatoms. The molecule has 0 spiro atoms. The Morgan fingerprint density at radius 1 is 0.909 bits per heavy atom. The first-order valence-corrected chi connectivity index (χ1v) is 9.20. The third-order valence-corrected chi connectivity index (χ3v) is 3.39. The van der Waals surface area contributed by atoms with Crippen LogP contribution in [-0.4, -0.2) is 19.5 Å². The second kappa shape index (κ2) is 18.5. The molecule has 0 saturated carbocycles. The molecule has 0 aliphatic carbocycles. The van der Waals surface area contributed by atoms with Gasteiger partial charge in [-0.15, -0.1) is 0 Å². The molecule has 2 unspecified atom stereocenters. The zero-order chi connectivity index (χ0) is 17.2. The van der Waals surface area contributed by atoms with Crippen LogP contribution in [0.15, 0.2) is 0 Å². The molecule has 132 valence electrons. The van der Waals surface area contributed by atoms with Gasteiger partial charge < -0.3 is 9.47 Å². The molecule has 3 nitrogen and oxygen atoms in total. The number of nitriles is 1. The molecular weight excluding hydrogens is 274 g/mol. The fourth-order valence-electron chi connectivity index (χ4n) is 2.07. The van der Waals surface area contributed by atoms with Gasteiger partial charge in [-0.25, -0.2) is 0 Å². The first-order chi connectivity index (χ1) is 10.6. The number of rotatable bonds is 13. The minimum atomic E-state index is -0.197. The molecule has 22 heavy (non-hydrogen) atoms. The normalized spacial score (nSPS) is 13.2. The molecule has 0 aromatic rings. The van der Waals surface area contributed by atoms with Crippen LogP contribution in [0.3, 0.4) is 0 Å². The van der Waals surface area contributed by atoms with E-state index >= 15 is 0 Å². The second-order valence-corrected chi connectivity index (χ2v) is 6.09. The highest BCUT2D eigenvalue weighted by atomic mass is 16.7. The maximum absolute atomic E-state index is 8.63. The zero-order valence-corrected chi connectivity index (χ0v) is 15.9. The van der Waals surface area contributed by atoms with Crippen molar-refractivity contribution in [2.24, 2.45) is 11.8 Å². The Hall–Kier alpha value is -0.590. The first-order valence-electron chi connectivity index (χ1n) is 9.20. The van der Waals surface area contributed by atoms with Gasteiger partial charge in [-0.05, 0) is 24.7 Å². The van der Waals surface area contributed by atoms with Crippen LogP contribution in [0, 0.1) is 23.2 Å². The molecule has 0 bridgehead atoms. The fraction of sp³-hybridized carbons (Fsp3) is 0.947. The Morgan fingerprint density at radius 3 is 2.09 bits per heavy atom. The summed E-state index contributed by atoms with van der Waals surface area (Å²) in [5.74, 6) is 1.51. The Labute approximate surface area is 139 Å². The van der Waals surface area contributed by atoms with E-state index < -0.39 is 0 Å². The minimum Gasteiger partial charge on any atom is -0.353 e. The Morgan fingerprint density at radius 2 is 1.55 bits per heavy atom. The van der Waals surface area contributed by atoms with Gasteiger partial charge in [0.15, 0.2) is 6.29 Å². The summed E-state index contributed by atoms with van der Waals surface area (Å²) >= 11 is 0. The van der Waals surface area contributed by atoms with E-state index in [2.05, 4.69) is 33.8 Å². The van der Waals surface area contributed by atoms with Crippen molar-refractivity contribution in [1.82, 2.24) is 0 Å². The molecule has 0 rings (SSSR count). The van der Waals surface area contributed by atoms with E-state index in [1.807, 2.05) is 13.8 Å². The fourth-order valence-corrected chi connectivity index (χ4v) is 2.07. The molecule has 0 radical (unpaired) electrons. The molecule has 0 fully saturated rings. The Kier molecular flexibility index (Phi) is 19.9. The van der Waals surface area contributed by atoms with Crippen LogP contribution in [0.4, 0.5) is 0 Å². The standard InChI is InChI=1S/C17H33NO2.C2H6/c1-5-13-19-17(10-7-12-18)20-14-11-16(4)9-6-8-15(2)3;1-2/h15-17H,5-11,13-14H2,1-4H3;1-2H3. The third-order valence-electron chi connectivity index (χ3n) is 3.39. The van der Waals surface area contributed by atoms with Crippen LogP contribution >= 0.6 is 0 Å². The lowest BCUT2D eigenvalue weighted by atomic mass is 9.98. The number of hydrogen-bond donors (Lipinski definition) is 0. The highest BCUT2D eigenvalue weighted by molar-refractivity contribution is 4.69. The van der Waals surface area contributed by atoms with Gasteiger partial charge in [0.25, 0.3) is 0 Å². The van der Waals surface area contributed by atoms with E-state index in [0.29, 0.717) is 25.4 Å². The topological polar surface area (TPSA) is 42.2 Å². The average Bonchev–Trinajstić information content (AvgIpc) is 2.51. The van der Waals surface area contributed by atoms with Crippen molar-refractivity contribution in [2.45, 2.75) is 92.8 Å². The molecule has 0 heterocycles. The summed E-state index contributed by atoms with van der Waals surface area (Å²) in [5, 5.41) is 8.63. The molecule has 0 aromatic carbocycles. The van der Waals surface area contributed by atoms with Gasteiger partial charge in [0.05, 0.1) is 6.07 Å². The largest absolute Gasteiger partial charge is 0.353 e. The summed E-state index contributed by atoms with van der Waals surface area (Å²) in [6.07, 6.45) is 6.95. The summed E-state index contributed by atoms with van der Waals surface area (Å²) < 4.78 is 11.4. The van der Waals surface area contributed by atoms with Gasteiger partial charge in [-0.3, -0.25) is 0 Å². The number of nitrogens with zero attached hydrogens (tertiary/aromatic N) is 1. The summed E-state index contributed by atoms with van der Waals surface area (Å²) in [6, 6.07) is 2.15.